The number of thioether (sulfide) groups is 1. The van der Waals surface area contributed by atoms with Gasteiger partial charge in [0.1, 0.15) is 0 Å². The maximum absolute atomic E-state index is 2.35. The average Bonchev–Trinajstić information content (AvgIpc) is 2.19. The average molecular weight is 208 g/mol. The van der Waals surface area contributed by atoms with E-state index < -0.39 is 0 Å². The Bertz CT molecular complexity index is 251. The maximum Gasteiger partial charge on any atom is 0.00719 e. The monoisotopic (exact) mass is 208 g/mol. The van der Waals surface area contributed by atoms with Gasteiger partial charge in [0.25, 0.3) is 0 Å². The predicted molar refractivity (Wildman–Crippen MR) is 65.9 cm³/mol. The van der Waals surface area contributed by atoms with Crippen LogP contribution in [0.2, 0.25) is 0 Å². The Morgan fingerprint density at radius 3 is 2.36 bits per heavy atom. The van der Waals surface area contributed by atoms with E-state index in [-0.39, 0.29) is 0 Å². The third kappa shape index (κ3) is 4.19. The molecule has 0 unspecified atom stereocenters. The van der Waals surface area contributed by atoms with Crippen molar-refractivity contribution in [3.8, 4) is 0 Å². The number of benzene rings is 1. The van der Waals surface area contributed by atoms with Crippen LogP contribution in [0.25, 0.3) is 0 Å². The van der Waals surface area contributed by atoms with Crippen LogP contribution in [0.1, 0.15) is 33.6 Å². The molecule has 0 amide bonds. The van der Waals surface area contributed by atoms with Gasteiger partial charge in [0.15, 0.2) is 0 Å². The van der Waals surface area contributed by atoms with Crippen molar-refractivity contribution in [2.75, 3.05) is 5.75 Å². The minimum absolute atomic E-state index is 0.502. The van der Waals surface area contributed by atoms with Crippen molar-refractivity contribution in [1.29, 1.82) is 0 Å². The Hall–Kier alpha value is -0.430. The highest BCUT2D eigenvalue weighted by Crippen LogP contribution is 2.28. The third-order valence-electron chi connectivity index (χ3n) is 2.75. The molecule has 1 heteroatoms. The van der Waals surface area contributed by atoms with Crippen LogP contribution in [0.15, 0.2) is 35.2 Å². The highest BCUT2D eigenvalue weighted by Gasteiger charge is 2.14. The van der Waals surface area contributed by atoms with Crippen LogP contribution in [0.3, 0.4) is 0 Å². The summed E-state index contributed by atoms with van der Waals surface area (Å²) in [7, 11) is 0. The van der Waals surface area contributed by atoms with E-state index in [2.05, 4.69) is 51.1 Å². The molecule has 0 N–H and O–H groups in total. The van der Waals surface area contributed by atoms with E-state index in [4.69, 9.17) is 0 Å². The Morgan fingerprint density at radius 1 is 1.14 bits per heavy atom. The molecular formula is C13H20S. The molecule has 0 heterocycles. The molecule has 0 aliphatic heterocycles. The van der Waals surface area contributed by atoms with E-state index in [0.717, 1.165) is 0 Å². The van der Waals surface area contributed by atoms with Crippen molar-refractivity contribution in [2.24, 2.45) is 5.41 Å². The molecule has 0 nitrogen and oxygen atoms in total. The summed E-state index contributed by atoms with van der Waals surface area (Å²) in [6.07, 6.45) is 2.56. The normalized spacial score (nSPS) is 11.6. The van der Waals surface area contributed by atoms with Crippen LogP contribution in [0.5, 0.6) is 0 Å². The molecule has 0 fully saturated rings. The SMILES string of the molecule is CCC(C)(C)CCSc1ccccc1. The first-order valence-corrected chi connectivity index (χ1v) is 6.30. The summed E-state index contributed by atoms with van der Waals surface area (Å²) in [6, 6.07) is 10.6. The van der Waals surface area contributed by atoms with E-state index in [1.807, 2.05) is 11.8 Å². The highest BCUT2D eigenvalue weighted by molar-refractivity contribution is 7.99. The largest absolute Gasteiger partial charge is 0.126 e. The summed E-state index contributed by atoms with van der Waals surface area (Å²) < 4.78 is 0. The second kappa shape index (κ2) is 5.45. The van der Waals surface area contributed by atoms with E-state index in [1.54, 1.807) is 0 Å². The summed E-state index contributed by atoms with van der Waals surface area (Å²) >= 11 is 1.96. The molecule has 0 aliphatic carbocycles. The Kier molecular flexibility index (Phi) is 4.53. The van der Waals surface area contributed by atoms with Crippen molar-refractivity contribution >= 4 is 11.8 Å². The van der Waals surface area contributed by atoms with Gasteiger partial charge in [-0.2, -0.15) is 0 Å². The summed E-state index contributed by atoms with van der Waals surface area (Å²) in [6.45, 7) is 6.96. The lowest BCUT2D eigenvalue weighted by Gasteiger charge is -2.21. The Labute approximate surface area is 92.1 Å². The fourth-order valence-electron chi connectivity index (χ4n) is 1.14. The van der Waals surface area contributed by atoms with Crippen LogP contribution in [-0.2, 0) is 0 Å². The number of hydrogen-bond donors (Lipinski definition) is 0. The first-order valence-electron chi connectivity index (χ1n) is 5.32. The van der Waals surface area contributed by atoms with Gasteiger partial charge in [-0.15, -0.1) is 11.8 Å². The molecule has 0 atom stereocenters. The molecule has 1 aromatic carbocycles. The van der Waals surface area contributed by atoms with Gasteiger partial charge in [0.2, 0.25) is 0 Å². The zero-order valence-electron chi connectivity index (χ0n) is 9.42. The van der Waals surface area contributed by atoms with E-state index in [9.17, 15) is 0 Å². The molecule has 0 spiro atoms. The van der Waals surface area contributed by atoms with Gasteiger partial charge in [-0.3, -0.25) is 0 Å². The Morgan fingerprint density at radius 2 is 1.79 bits per heavy atom. The minimum atomic E-state index is 0.502. The molecule has 0 bridgehead atoms. The molecular weight excluding hydrogens is 188 g/mol. The zero-order chi connectivity index (χ0) is 10.4. The second-order valence-corrected chi connectivity index (χ2v) is 5.60. The van der Waals surface area contributed by atoms with Crippen LogP contribution in [0.4, 0.5) is 0 Å². The molecule has 1 aromatic rings. The first kappa shape index (κ1) is 11.6. The lowest BCUT2D eigenvalue weighted by atomic mass is 9.87. The number of hydrogen-bond acceptors (Lipinski definition) is 1. The predicted octanol–water partition coefficient (Wildman–Crippen LogP) is 4.61. The molecule has 14 heavy (non-hydrogen) atoms. The third-order valence-corrected chi connectivity index (χ3v) is 3.76. The van der Waals surface area contributed by atoms with Gasteiger partial charge in [0.05, 0.1) is 0 Å². The molecule has 1 rings (SSSR count). The zero-order valence-corrected chi connectivity index (χ0v) is 10.2. The molecule has 0 radical (unpaired) electrons. The fourth-order valence-corrected chi connectivity index (χ4v) is 2.38. The lowest BCUT2D eigenvalue weighted by Crippen LogP contribution is -2.10. The van der Waals surface area contributed by atoms with Gasteiger partial charge in [-0.05, 0) is 29.7 Å². The smallest absolute Gasteiger partial charge is 0.00719 e. The van der Waals surface area contributed by atoms with Crippen molar-refractivity contribution < 1.29 is 0 Å². The molecule has 0 aliphatic rings. The molecule has 0 aromatic heterocycles. The van der Waals surface area contributed by atoms with Crippen molar-refractivity contribution in [3.63, 3.8) is 0 Å². The summed E-state index contributed by atoms with van der Waals surface area (Å²) in [5.74, 6) is 1.23. The minimum Gasteiger partial charge on any atom is -0.126 e. The molecule has 78 valence electrons. The van der Waals surface area contributed by atoms with Crippen molar-refractivity contribution in [1.82, 2.24) is 0 Å². The van der Waals surface area contributed by atoms with Crippen molar-refractivity contribution in [2.45, 2.75) is 38.5 Å². The molecule has 0 saturated carbocycles. The van der Waals surface area contributed by atoms with Gasteiger partial charge in [-0.1, -0.05) is 45.4 Å². The van der Waals surface area contributed by atoms with E-state index in [0.29, 0.717) is 5.41 Å². The van der Waals surface area contributed by atoms with Gasteiger partial charge in [0, 0.05) is 4.90 Å². The number of rotatable bonds is 5. The molecule has 0 saturated heterocycles. The summed E-state index contributed by atoms with van der Waals surface area (Å²) in [4.78, 5) is 1.39. The maximum atomic E-state index is 2.35. The van der Waals surface area contributed by atoms with Gasteiger partial charge >= 0.3 is 0 Å². The van der Waals surface area contributed by atoms with Crippen LogP contribution in [-0.4, -0.2) is 5.75 Å². The lowest BCUT2D eigenvalue weighted by molar-refractivity contribution is 0.341. The van der Waals surface area contributed by atoms with E-state index >= 15 is 0 Å². The van der Waals surface area contributed by atoms with Gasteiger partial charge < -0.3 is 0 Å². The van der Waals surface area contributed by atoms with E-state index in [1.165, 1.54) is 23.5 Å². The van der Waals surface area contributed by atoms with Crippen LogP contribution in [0, 0.1) is 5.41 Å². The van der Waals surface area contributed by atoms with Crippen LogP contribution < -0.4 is 0 Å². The second-order valence-electron chi connectivity index (χ2n) is 4.43. The first-order chi connectivity index (χ1) is 6.64. The van der Waals surface area contributed by atoms with Crippen LogP contribution >= 0.6 is 11.8 Å². The summed E-state index contributed by atoms with van der Waals surface area (Å²) in [5, 5.41) is 0. The van der Waals surface area contributed by atoms with Crippen molar-refractivity contribution in [3.05, 3.63) is 30.3 Å². The standard InChI is InChI=1S/C13H20S/c1-4-13(2,3)10-11-14-12-8-6-5-7-9-12/h5-9H,4,10-11H2,1-3H3. The Balaban J connectivity index is 2.29. The topological polar surface area (TPSA) is 0 Å². The summed E-state index contributed by atoms with van der Waals surface area (Å²) in [5.41, 5.74) is 0.502. The fraction of sp³-hybridized carbons (Fsp3) is 0.538. The highest BCUT2D eigenvalue weighted by atomic mass is 32.2. The quantitative estimate of drug-likeness (QED) is 0.637. The van der Waals surface area contributed by atoms with Gasteiger partial charge in [-0.25, -0.2) is 0 Å².